The van der Waals surface area contributed by atoms with Gasteiger partial charge >= 0.3 is 6.03 Å². The van der Waals surface area contributed by atoms with Crippen molar-refractivity contribution in [2.75, 3.05) is 13.1 Å². The van der Waals surface area contributed by atoms with E-state index in [1.165, 1.54) is 0 Å². The highest BCUT2D eigenvalue weighted by Crippen LogP contribution is 2.30. The second kappa shape index (κ2) is 6.31. The minimum atomic E-state index is -0.0782. The molecule has 0 bridgehead atoms. The average molecular weight is 322 g/mol. The maximum Gasteiger partial charge on any atom is 0.341 e. The molecule has 1 aromatic heterocycles. The van der Waals surface area contributed by atoms with Gasteiger partial charge in [-0.1, -0.05) is 24.3 Å². The molecule has 6 heteroatoms. The van der Waals surface area contributed by atoms with Crippen molar-refractivity contribution in [3.63, 3.8) is 0 Å². The fourth-order valence-electron chi connectivity index (χ4n) is 2.95. The van der Waals surface area contributed by atoms with Gasteiger partial charge in [-0.15, -0.1) is 0 Å². The first-order valence-electron chi connectivity index (χ1n) is 8.03. The van der Waals surface area contributed by atoms with E-state index in [0.717, 1.165) is 17.7 Å². The molecule has 2 amide bonds. The standard InChI is InChI=1S/C18H18N4O2/c23-18(21-12-16(13-21)24-15-6-2-1-3-7-15)22-17(8-10-20-22)14-5-4-9-19-11-14/h1-7,9-11,16-17H,8,12-13H2. The number of ether oxygens (including phenoxy) is 1. The summed E-state index contributed by atoms with van der Waals surface area (Å²) >= 11 is 0. The summed E-state index contributed by atoms with van der Waals surface area (Å²) in [5.41, 5.74) is 1.00. The van der Waals surface area contributed by atoms with Gasteiger partial charge in [-0.2, -0.15) is 5.10 Å². The number of aromatic nitrogens is 1. The molecule has 1 saturated heterocycles. The van der Waals surface area contributed by atoms with Crippen LogP contribution in [-0.4, -0.2) is 46.3 Å². The van der Waals surface area contributed by atoms with Gasteiger partial charge in [0.05, 0.1) is 19.1 Å². The van der Waals surface area contributed by atoms with Crippen LogP contribution < -0.4 is 4.74 Å². The summed E-state index contributed by atoms with van der Waals surface area (Å²) in [6.07, 6.45) is 6.06. The number of hydrazone groups is 1. The van der Waals surface area contributed by atoms with E-state index in [2.05, 4.69) is 10.1 Å². The Kier molecular flexibility index (Phi) is 3.86. The Bertz CT molecular complexity index is 729. The van der Waals surface area contributed by atoms with E-state index < -0.39 is 0 Å². The lowest BCUT2D eigenvalue weighted by molar-refractivity contribution is 0.0277. The van der Waals surface area contributed by atoms with Crippen LogP contribution in [0.3, 0.4) is 0 Å². The number of nitrogens with zero attached hydrogens (tertiary/aromatic N) is 4. The molecule has 2 aliphatic heterocycles. The summed E-state index contributed by atoms with van der Waals surface area (Å²) < 4.78 is 5.84. The highest BCUT2D eigenvalue weighted by molar-refractivity contribution is 5.79. The van der Waals surface area contributed by atoms with Gasteiger partial charge in [0.25, 0.3) is 0 Å². The summed E-state index contributed by atoms with van der Waals surface area (Å²) in [4.78, 5) is 18.6. The number of amides is 2. The molecule has 0 radical (unpaired) electrons. The zero-order valence-electron chi connectivity index (χ0n) is 13.2. The highest BCUT2D eigenvalue weighted by atomic mass is 16.5. The van der Waals surface area contributed by atoms with E-state index >= 15 is 0 Å². The molecule has 1 unspecified atom stereocenters. The Morgan fingerprint density at radius 2 is 1.96 bits per heavy atom. The number of rotatable bonds is 3. The first-order chi connectivity index (χ1) is 11.8. The van der Waals surface area contributed by atoms with E-state index in [0.29, 0.717) is 13.1 Å². The molecule has 0 saturated carbocycles. The molecule has 122 valence electrons. The van der Waals surface area contributed by atoms with E-state index in [1.54, 1.807) is 28.5 Å². The number of pyridine rings is 1. The molecular weight excluding hydrogens is 304 g/mol. The Morgan fingerprint density at radius 1 is 1.12 bits per heavy atom. The largest absolute Gasteiger partial charge is 0.487 e. The number of likely N-dealkylation sites (tertiary alicyclic amines) is 1. The van der Waals surface area contributed by atoms with Gasteiger partial charge in [0.2, 0.25) is 0 Å². The minimum Gasteiger partial charge on any atom is -0.487 e. The molecule has 24 heavy (non-hydrogen) atoms. The van der Waals surface area contributed by atoms with Crippen LogP contribution >= 0.6 is 0 Å². The van der Waals surface area contributed by atoms with Crippen LogP contribution in [0.25, 0.3) is 0 Å². The molecule has 0 aliphatic carbocycles. The molecule has 0 N–H and O–H groups in total. The summed E-state index contributed by atoms with van der Waals surface area (Å²) in [6, 6.07) is 13.4. The Labute approximate surface area is 140 Å². The van der Waals surface area contributed by atoms with E-state index in [4.69, 9.17) is 4.74 Å². The van der Waals surface area contributed by atoms with Crippen LogP contribution in [0.4, 0.5) is 4.79 Å². The number of benzene rings is 1. The van der Waals surface area contributed by atoms with Gasteiger partial charge in [-0.3, -0.25) is 4.98 Å². The minimum absolute atomic E-state index is 0.0415. The zero-order chi connectivity index (χ0) is 16.4. The quantitative estimate of drug-likeness (QED) is 0.873. The van der Waals surface area contributed by atoms with Crippen molar-refractivity contribution in [2.24, 2.45) is 5.10 Å². The lowest BCUT2D eigenvalue weighted by Gasteiger charge is -2.40. The van der Waals surface area contributed by atoms with Gasteiger partial charge < -0.3 is 9.64 Å². The van der Waals surface area contributed by atoms with Crippen molar-refractivity contribution < 1.29 is 9.53 Å². The van der Waals surface area contributed by atoms with Crippen LogP contribution in [0.15, 0.2) is 60.0 Å². The van der Waals surface area contributed by atoms with E-state index in [9.17, 15) is 4.79 Å². The van der Waals surface area contributed by atoms with Crippen molar-refractivity contribution in [3.05, 3.63) is 60.4 Å². The number of carbonyl (C=O) groups excluding carboxylic acids is 1. The first-order valence-corrected chi connectivity index (χ1v) is 8.03. The number of hydrogen-bond donors (Lipinski definition) is 0. The molecule has 4 rings (SSSR count). The SMILES string of the molecule is O=C(N1CC(Oc2ccccc2)C1)N1N=CCC1c1cccnc1. The predicted molar refractivity (Wildman–Crippen MR) is 89.8 cm³/mol. The molecule has 2 aliphatic rings. The fraction of sp³-hybridized carbons (Fsp3) is 0.278. The average Bonchev–Trinajstić information content (AvgIpc) is 3.09. The lowest BCUT2D eigenvalue weighted by atomic mass is 10.1. The number of urea groups is 1. The van der Waals surface area contributed by atoms with E-state index in [1.807, 2.05) is 42.5 Å². The van der Waals surface area contributed by atoms with Gasteiger partial charge in [0, 0.05) is 25.0 Å². The summed E-state index contributed by atoms with van der Waals surface area (Å²) in [5, 5.41) is 5.81. The Hall–Kier alpha value is -2.89. The van der Waals surface area contributed by atoms with Gasteiger partial charge in [-0.25, -0.2) is 9.80 Å². The van der Waals surface area contributed by atoms with E-state index in [-0.39, 0.29) is 18.2 Å². The van der Waals surface area contributed by atoms with Crippen molar-refractivity contribution in [3.8, 4) is 5.75 Å². The smallest absolute Gasteiger partial charge is 0.341 e. The molecule has 2 aromatic rings. The second-order valence-electron chi connectivity index (χ2n) is 5.92. The highest BCUT2D eigenvalue weighted by Gasteiger charge is 2.38. The molecule has 6 nitrogen and oxygen atoms in total. The summed E-state index contributed by atoms with van der Waals surface area (Å²) in [6.45, 7) is 1.17. The normalized spacial score (nSPS) is 20.1. The monoisotopic (exact) mass is 322 g/mol. The van der Waals surface area contributed by atoms with Crippen molar-refractivity contribution in [1.29, 1.82) is 0 Å². The van der Waals surface area contributed by atoms with Crippen molar-refractivity contribution in [2.45, 2.75) is 18.6 Å². The lowest BCUT2D eigenvalue weighted by Crippen LogP contribution is -2.58. The molecule has 1 atom stereocenters. The van der Waals surface area contributed by atoms with Crippen LogP contribution in [0.2, 0.25) is 0 Å². The van der Waals surface area contributed by atoms with Crippen LogP contribution in [0.5, 0.6) is 5.75 Å². The first kappa shape index (κ1) is 14.7. The van der Waals surface area contributed by atoms with Crippen molar-refractivity contribution in [1.82, 2.24) is 14.9 Å². The molecule has 0 spiro atoms. The summed E-state index contributed by atoms with van der Waals surface area (Å²) in [5.74, 6) is 0.835. The molecule has 1 aromatic carbocycles. The molecular formula is C18H18N4O2. The predicted octanol–water partition coefficient (Wildman–Crippen LogP) is 2.70. The number of para-hydroxylation sites is 1. The van der Waals surface area contributed by atoms with Crippen LogP contribution in [0, 0.1) is 0 Å². The van der Waals surface area contributed by atoms with Crippen molar-refractivity contribution >= 4 is 12.2 Å². The van der Waals surface area contributed by atoms with Crippen LogP contribution in [0.1, 0.15) is 18.0 Å². The third-order valence-corrected chi connectivity index (χ3v) is 4.26. The fourth-order valence-corrected chi connectivity index (χ4v) is 2.95. The second-order valence-corrected chi connectivity index (χ2v) is 5.92. The van der Waals surface area contributed by atoms with Gasteiger partial charge in [0.15, 0.2) is 0 Å². The Balaban J connectivity index is 1.36. The third-order valence-electron chi connectivity index (χ3n) is 4.26. The maximum absolute atomic E-state index is 12.7. The molecule has 3 heterocycles. The number of hydrogen-bond acceptors (Lipinski definition) is 4. The molecule has 1 fully saturated rings. The van der Waals surface area contributed by atoms with Gasteiger partial charge in [0.1, 0.15) is 11.9 Å². The van der Waals surface area contributed by atoms with Crippen LogP contribution in [-0.2, 0) is 0 Å². The third kappa shape index (κ3) is 2.82. The summed E-state index contributed by atoms with van der Waals surface area (Å²) in [7, 11) is 0. The Morgan fingerprint density at radius 3 is 2.71 bits per heavy atom. The van der Waals surface area contributed by atoms with Gasteiger partial charge in [-0.05, 0) is 23.8 Å². The topological polar surface area (TPSA) is 58.0 Å². The maximum atomic E-state index is 12.7. The number of carbonyl (C=O) groups is 1. The zero-order valence-corrected chi connectivity index (χ0v) is 13.2.